The zero-order valence-electron chi connectivity index (χ0n) is 24.6. The van der Waals surface area contributed by atoms with Crippen LogP contribution >= 0.6 is 0 Å². The van der Waals surface area contributed by atoms with E-state index in [-0.39, 0.29) is 21.7 Å². The van der Waals surface area contributed by atoms with Gasteiger partial charge in [-0.1, -0.05) is 52.7 Å². The SMILES string of the molecule is CNc1ccc2c(c1)C1(C)CCC[C@](C)(C(=NC=O)[C@@]3(C)CCCC4(C)c5cc(O)ccc5CCC43)C1CC2. The standard InChI is InChI=1S/C35H46N2O2/c1-32-16-6-18-34(3,29(32)14-10-23-8-12-25(36-5)20-27(23)32)31(37-22-38)35(4)19-7-17-33(2)28-21-26(39)13-9-24(28)11-15-30(33)35/h8-9,12-13,20-22,29-30,36,39H,6-7,10-11,14-19H2,1-5H3/t29?,30?,32?,33?,34-,35-/m0/s1. The highest BCUT2D eigenvalue weighted by atomic mass is 16.3. The molecule has 0 saturated heterocycles. The van der Waals surface area contributed by atoms with E-state index in [1.807, 2.05) is 19.2 Å². The summed E-state index contributed by atoms with van der Waals surface area (Å²) in [6.45, 7) is 9.83. The first-order chi connectivity index (χ1) is 18.6. The number of nitrogens with zero attached hydrogens (tertiary/aromatic N) is 1. The van der Waals surface area contributed by atoms with Crippen LogP contribution in [-0.2, 0) is 28.5 Å². The van der Waals surface area contributed by atoms with Crippen LogP contribution in [0.25, 0.3) is 0 Å². The van der Waals surface area contributed by atoms with Gasteiger partial charge in [0.25, 0.3) is 0 Å². The third-order valence-corrected chi connectivity index (χ3v) is 12.3. The van der Waals surface area contributed by atoms with E-state index >= 15 is 0 Å². The predicted molar refractivity (Wildman–Crippen MR) is 160 cm³/mol. The van der Waals surface area contributed by atoms with E-state index in [0.29, 0.717) is 17.6 Å². The fourth-order valence-corrected chi connectivity index (χ4v) is 10.6. The Morgan fingerprint density at radius 2 is 1.38 bits per heavy atom. The fraction of sp³-hybridized carbons (Fsp3) is 0.600. The van der Waals surface area contributed by atoms with Crippen molar-refractivity contribution in [3.8, 4) is 5.75 Å². The molecule has 0 bridgehead atoms. The number of carbonyl (C=O) groups is 1. The first-order valence-electron chi connectivity index (χ1n) is 15.3. The number of phenols is 1. The van der Waals surface area contributed by atoms with Crippen molar-refractivity contribution in [3.63, 3.8) is 0 Å². The van der Waals surface area contributed by atoms with Gasteiger partial charge in [-0.25, -0.2) is 4.99 Å². The summed E-state index contributed by atoms with van der Waals surface area (Å²) in [5, 5.41) is 13.8. The van der Waals surface area contributed by atoms with E-state index in [0.717, 1.165) is 64.2 Å². The molecule has 6 rings (SSSR count). The van der Waals surface area contributed by atoms with Crippen molar-refractivity contribution >= 4 is 17.8 Å². The van der Waals surface area contributed by atoms with Crippen molar-refractivity contribution < 1.29 is 9.90 Å². The van der Waals surface area contributed by atoms with Crippen LogP contribution in [0.5, 0.6) is 5.75 Å². The molecule has 0 spiro atoms. The second-order valence-corrected chi connectivity index (χ2v) is 14.1. The number of anilines is 1. The van der Waals surface area contributed by atoms with Crippen molar-refractivity contribution in [2.24, 2.45) is 27.7 Å². The molecule has 4 aliphatic carbocycles. The molecular weight excluding hydrogens is 480 g/mol. The minimum Gasteiger partial charge on any atom is -0.508 e. The summed E-state index contributed by atoms with van der Waals surface area (Å²) in [5.74, 6) is 1.20. The number of hydrogen-bond donors (Lipinski definition) is 2. The maximum Gasteiger partial charge on any atom is 0.232 e. The largest absolute Gasteiger partial charge is 0.508 e. The molecule has 2 aromatic rings. The lowest BCUT2D eigenvalue weighted by Crippen LogP contribution is -2.60. The van der Waals surface area contributed by atoms with Crippen molar-refractivity contribution in [1.82, 2.24) is 0 Å². The van der Waals surface area contributed by atoms with Crippen LogP contribution in [0.4, 0.5) is 5.69 Å². The minimum absolute atomic E-state index is 0.0296. The molecule has 0 aromatic heterocycles. The summed E-state index contributed by atoms with van der Waals surface area (Å²) in [6.07, 6.45) is 12.0. The monoisotopic (exact) mass is 526 g/mol. The Morgan fingerprint density at radius 3 is 1.92 bits per heavy atom. The molecule has 0 aliphatic heterocycles. The topological polar surface area (TPSA) is 61.7 Å². The molecule has 39 heavy (non-hydrogen) atoms. The normalized spacial score (nSPS) is 37.6. The van der Waals surface area contributed by atoms with Gasteiger partial charge in [-0.05, 0) is 121 Å². The number of fused-ring (bicyclic) bond motifs is 6. The average molecular weight is 527 g/mol. The highest BCUT2D eigenvalue weighted by Crippen LogP contribution is 2.64. The van der Waals surface area contributed by atoms with Crippen LogP contribution in [-0.4, -0.2) is 24.3 Å². The van der Waals surface area contributed by atoms with E-state index in [9.17, 15) is 9.90 Å². The first kappa shape index (κ1) is 26.6. The fourth-order valence-electron chi connectivity index (χ4n) is 10.6. The number of nitrogens with one attached hydrogen (secondary N) is 1. The number of benzene rings is 2. The highest BCUT2D eigenvalue weighted by Gasteiger charge is 2.61. The third-order valence-electron chi connectivity index (χ3n) is 12.3. The summed E-state index contributed by atoms with van der Waals surface area (Å²) < 4.78 is 0. The number of aromatic hydroxyl groups is 1. The van der Waals surface area contributed by atoms with Gasteiger partial charge < -0.3 is 10.4 Å². The van der Waals surface area contributed by atoms with Crippen LogP contribution in [0.2, 0.25) is 0 Å². The van der Waals surface area contributed by atoms with E-state index in [1.165, 1.54) is 40.1 Å². The Morgan fingerprint density at radius 1 is 0.846 bits per heavy atom. The molecule has 208 valence electrons. The number of rotatable bonds is 4. The molecule has 2 aromatic carbocycles. The molecule has 4 unspecified atom stereocenters. The molecular formula is C35H46N2O2. The van der Waals surface area contributed by atoms with Gasteiger partial charge in [0.05, 0.1) is 0 Å². The second-order valence-electron chi connectivity index (χ2n) is 14.1. The molecule has 4 aliphatic rings. The number of aliphatic imine (C=N–C) groups is 1. The average Bonchev–Trinajstić information content (AvgIpc) is 2.91. The Balaban J connectivity index is 1.46. The Bertz CT molecular complexity index is 1330. The van der Waals surface area contributed by atoms with Gasteiger partial charge in [-0.2, -0.15) is 0 Å². The van der Waals surface area contributed by atoms with Gasteiger partial charge in [0.1, 0.15) is 5.75 Å². The molecule has 6 atom stereocenters. The maximum atomic E-state index is 12.4. The van der Waals surface area contributed by atoms with Crippen molar-refractivity contribution in [2.45, 2.75) is 103 Å². The van der Waals surface area contributed by atoms with Gasteiger partial charge in [-0.3, -0.25) is 4.79 Å². The zero-order valence-corrected chi connectivity index (χ0v) is 24.6. The zero-order chi connectivity index (χ0) is 27.6. The summed E-state index contributed by atoms with van der Waals surface area (Å²) in [5.41, 5.74) is 7.80. The Kier molecular flexibility index (Phi) is 6.28. The van der Waals surface area contributed by atoms with Crippen LogP contribution in [0.3, 0.4) is 0 Å². The summed E-state index contributed by atoms with van der Waals surface area (Å²) in [7, 11) is 2.01. The van der Waals surface area contributed by atoms with Gasteiger partial charge in [0.2, 0.25) is 6.41 Å². The summed E-state index contributed by atoms with van der Waals surface area (Å²) in [6, 6.07) is 12.9. The quantitative estimate of drug-likeness (QED) is 0.316. The molecule has 4 nitrogen and oxygen atoms in total. The third kappa shape index (κ3) is 3.76. The number of phenolic OH excluding ortho intramolecular Hbond substituents is 1. The van der Waals surface area contributed by atoms with E-state index in [4.69, 9.17) is 4.99 Å². The summed E-state index contributed by atoms with van der Waals surface area (Å²) >= 11 is 0. The van der Waals surface area contributed by atoms with E-state index < -0.39 is 0 Å². The van der Waals surface area contributed by atoms with Crippen molar-refractivity contribution in [1.29, 1.82) is 0 Å². The van der Waals surface area contributed by atoms with Crippen LogP contribution in [0.1, 0.15) is 101 Å². The van der Waals surface area contributed by atoms with Gasteiger partial charge >= 0.3 is 0 Å². The number of amides is 1. The Hall–Kier alpha value is -2.62. The van der Waals surface area contributed by atoms with Crippen LogP contribution < -0.4 is 5.32 Å². The van der Waals surface area contributed by atoms with Crippen molar-refractivity contribution in [3.05, 3.63) is 58.7 Å². The van der Waals surface area contributed by atoms with E-state index in [1.54, 1.807) is 0 Å². The van der Waals surface area contributed by atoms with Crippen molar-refractivity contribution in [2.75, 3.05) is 12.4 Å². The Labute approximate surface area is 234 Å². The summed E-state index contributed by atoms with van der Waals surface area (Å²) in [4.78, 5) is 17.3. The first-order valence-corrected chi connectivity index (χ1v) is 15.3. The van der Waals surface area contributed by atoms with Gasteiger partial charge in [0, 0.05) is 29.3 Å². The molecule has 2 fully saturated rings. The predicted octanol–water partition coefficient (Wildman–Crippen LogP) is 7.75. The van der Waals surface area contributed by atoms with Gasteiger partial charge in [-0.15, -0.1) is 0 Å². The number of aryl methyl sites for hydroxylation is 2. The van der Waals surface area contributed by atoms with Gasteiger partial charge in [0.15, 0.2) is 0 Å². The smallest absolute Gasteiger partial charge is 0.232 e. The lowest BCUT2D eigenvalue weighted by Gasteiger charge is -2.62. The maximum absolute atomic E-state index is 12.4. The number of carbonyl (C=O) groups excluding carboxylic acids is 1. The molecule has 0 radical (unpaired) electrons. The lowest BCUT2D eigenvalue weighted by molar-refractivity contribution is -0.107. The highest BCUT2D eigenvalue weighted by molar-refractivity contribution is 5.99. The number of hydrogen-bond acceptors (Lipinski definition) is 3. The van der Waals surface area contributed by atoms with Crippen LogP contribution in [0.15, 0.2) is 41.4 Å². The minimum atomic E-state index is -0.156. The molecule has 2 saturated carbocycles. The molecule has 4 heteroatoms. The second kappa shape index (κ2) is 9.21. The van der Waals surface area contributed by atoms with Crippen LogP contribution in [0, 0.1) is 22.7 Å². The molecule has 1 amide bonds. The molecule has 0 heterocycles. The lowest BCUT2D eigenvalue weighted by atomic mass is 9.42. The van der Waals surface area contributed by atoms with E-state index in [2.05, 4.69) is 57.3 Å². The molecule has 2 N–H and O–H groups in total.